The molecule has 3 aromatic rings. The molecule has 23 heavy (non-hydrogen) atoms. The number of rotatable bonds is 4. The maximum Gasteiger partial charge on any atom is 0.0718 e. The molecule has 1 atom stereocenters. The SMILES string of the molecule is CCc1cccc(-c2cccc(P)c2-c2cccc(CC)n2)n1. The molecule has 0 amide bonds. The minimum absolute atomic E-state index is 0.936. The Labute approximate surface area is 140 Å². The van der Waals surface area contributed by atoms with E-state index in [4.69, 9.17) is 9.97 Å². The molecule has 0 radical (unpaired) electrons. The van der Waals surface area contributed by atoms with Crippen molar-refractivity contribution in [2.45, 2.75) is 26.7 Å². The second kappa shape index (κ2) is 7.02. The van der Waals surface area contributed by atoms with E-state index in [9.17, 15) is 0 Å². The van der Waals surface area contributed by atoms with Gasteiger partial charge in [0.1, 0.15) is 0 Å². The Bertz CT molecular complexity index is 827. The van der Waals surface area contributed by atoms with Crippen molar-refractivity contribution in [3.63, 3.8) is 0 Å². The number of nitrogens with zero attached hydrogens (tertiary/aromatic N) is 2. The minimum atomic E-state index is 0.936. The van der Waals surface area contributed by atoms with Crippen molar-refractivity contribution in [2.24, 2.45) is 0 Å². The first kappa shape index (κ1) is 15.8. The Morgan fingerprint density at radius 3 is 1.96 bits per heavy atom. The summed E-state index contributed by atoms with van der Waals surface area (Å²) in [6, 6.07) is 18.8. The van der Waals surface area contributed by atoms with Gasteiger partial charge in [0.15, 0.2) is 0 Å². The van der Waals surface area contributed by atoms with Gasteiger partial charge in [0.25, 0.3) is 0 Å². The van der Waals surface area contributed by atoms with Crippen LogP contribution in [0.2, 0.25) is 0 Å². The second-order valence-electron chi connectivity index (χ2n) is 5.51. The van der Waals surface area contributed by atoms with Crippen LogP contribution in [0.25, 0.3) is 22.5 Å². The van der Waals surface area contributed by atoms with Crippen molar-refractivity contribution in [2.75, 3.05) is 0 Å². The number of hydrogen-bond donors (Lipinski definition) is 0. The summed E-state index contributed by atoms with van der Waals surface area (Å²) >= 11 is 0. The zero-order valence-electron chi connectivity index (χ0n) is 13.6. The van der Waals surface area contributed by atoms with E-state index in [2.05, 4.69) is 77.7 Å². The van der Waals surface area contributed by atoms with E-state index in [1.165, 1.54) is 0 Å². The Balaban J connectivity index is 2.20. The highest BCUT2D eigenvalue weighted by molar-refractivity contribution is 7.28. The predicted molar refractivity (Wildman–Crippen MR) is 101 cm³/mol. The lowest BCUT2D eigenvalue weighted by Crippen LogP contribution is -2.03. The van der Waals surface area contributed by atoms with Crippen molar-refractivity contribution in [3.05, 3.63) is 66.0 Å². The molecule has 0 bridgehead atoms. The first-order chi connectivity index (χ1) is 11.2. The number of hydrogen-bond acceptors (Lipinski definition) is 2. The molecule has 116 valence electrons. The summed E-state index contributed by atoms with van der Waals surface area (Å²) in [5.74, 6) is 0. The summed E-state index contributed by atoms with van der Waals surface area (Å²) < 4.78 is 0. The van der Waals surface area contributed by atoms with Gasteiger partial charge in [-0.15, -0.1) is 9.24 Å². The van der Waals surface area contributed by atoms with E-state index in [1.807, 2.05) is 0 Å². The van der Waals surface area contributed by atoms with Crippen LogP contribution in [0.3, 0.4) is 0 Å². The summed E-state index contributed by atoms with van der Waals surface area (Å²) in [4.78, 5) is 9.60. The maximum absolute atomic E-state index is 4.81. The molecule has 1 aromatic carbocycles. The van der Waals surface area contributed by atoms with Crippen LogP contribution in [-0.2, 0) is 12.8 Å². The van der Waals surface area contributed by atoms with Crippen LogP contribution in [0.5, 0.6) is 0 Å². The Morgan fingerprint density at radius 1 is 0.739 bits per heavy atom. The predicted octanol–water partition coefficient (Wildman–Crippen LogP) is 4.44. The van der Waals surface area contributed by atoms with Gasteiger partial charge < -0.3 is 0 Å². The summed E-state index contributed by atoms with van der Waals surface area (Å²) in [6.07, 6.45) is 1.87. The van der Waals surface area contributed by atoms with Crippen molar-refractivity contribution >= 4 is 14.5 Å². The van der Waals surface area contributed by atoms with E-state index >= 15 is 0 Å². The average Bonchev–Trinajstić information content (AvgIpc) is 2.61. The molecule has 1 unspecified atom stereocenters. The third-order valence-electron chi connectivity index (χ3n) is 3.97. The van der Waals surface area contributed by atoms with Gasteiger partial charge in [-0.05, 0) is 42.4 Å². The maximum atomic E-state index is 4.81. The van der Waals surface area contributed by atoms with E-state index in [0.717, 1.165) is 52.0 Å². The smallest absolute Gasteiger partial charge is 0.0718 e. The normalized spacial score (nSPS) is 10.7. The standard InChI is InChI=1S/C20H21N2P/c1-3-14-8-5-11-17(21-14)16-10-7-13-19(23)20(16)18-12-6-9-15(4-2)22-18/h5-13H,3-4,23H2,1-2H3. The highest BCUT2D eigenvalue weighted by atomic mass is 31.0. The van der Waals surface area contributed by atoms with E-state index in [-0.39, 0.29) is 0 Å². The van der Waals surface area contributed by atoms with Crippen molar-refractivity contribution < 1.29 is 0 Å². The van der Waals surface area contributed by atoms with Crippen molar-refractivity contribution in [1.29, 1.82) is 0 Å². The Kier molecular flexibility index (Phi) is 4.83. The summed E-state index contributed by atoms with van der Waals surface area (Å²) in [5, 5.41) is 1.15. The van der Waals surface area contributed by atoms with Gasteiger partial charge in [-0.25, -0.2) is 0 Å². The van der Waals surface area contributed by atoms with E-state index < -0.39 is 0 Å². The molecule has 2 aromatic heterocycles. The summed E-state index contributed by atoms with van der Waals surface area (Å²) in [7, 11) is 2.83. The lowest BCUT2D eigenvalue weighted by atomic mass is 10.00. The molecule has 3 rings (SSSR count). The molecule has 0 N–H and O–H groups in total. The number of pyridine rings is 2. The fourth-order valence-electron chi connectivity index (χ4n) is 2.71. The van der Waals surface area contributed by atoms with Gasteiger partial charge in [0, 0.05) is 22.5 Å². The quantitative estimate of drug-likeness (QED) is 0.664. The topological polar surface area (TPSA) is 25.8 Å². The van der Waals surface area contributed by atoms with E-state index in [0.29, 0.717) is 0 Å². The zero-order valence-corrected chi connectivity index (χ0v) is 14.7. The van der Waals surface area contributed by atoms with Gasteiger partial charge >= 0.3 is 0 Å². The monoisotopic (exact) mass is 320 g/mol. The molecule has 2 heterocycles. The zero-order chi connectivity index (χ0) is 16.2. The molecular formula is C20H21N2P. The van der Waals surface area contributed by atoms with Gasteiger partial charge in [-0.2, -0.15) is 0 Å². The van der Waals surface area contributed by atoms with Crippen LogP contribution in [-0.4, -0.2) is 9.97 Å². The molecule has 0 aliphatic heterocycles. The molecule has 2 nitrogen and oxygen atoms in total. The van der Waals surface area contributed by atoms with Crippen LogP contribution in [0, 0.1) is 0 Å². The third kappa shape index (κ3) is 3.33. The number of aromatic nitrogens is 2. The average molecular weight is 320 g/mol. The molecule has 0 saturated carbocycles. The fraction of sp³-hybridized carbons (Fsp3) is 0.200. The highest BCUT2D eigenvalue weighted by Gasteiger charge is 2.13. The van der Waals surface area contributed by atoms with Gasteiger partial charge in [-0.1, -0.05) is 44.2 Å². The van der Waals surface area contributed by atoms with Crippen molar-refractivity contribution in [3.8, 4) is 22.5 Å². The van der Waals surface area contributed by atoms with Crippen LogP contribution >= 0.6 is 9.24 Å². The lowest BCUT2D eigenvalue weighted by Gasteiger charge is -2.13. The van der Waals surface area contributed by atoms with Crippen LogP contribution in [0.15, 0.2) is 54.6 Å². The first-order valence-electron chi connectivity index (χ1n) is 8.04. The van der Waals surface area contributed by atoms with Crippen LogP contribution in [0.1, 0.15) is 25.2 Å². The second-order valence-corrected chi connectivity index (χ2v) is 6.13. The number of aryl methyl sites for hydroxylation is 2. The highest BCUT2D eigenvalue weighted by Crippen LogP contribution is 2.30. The molecule has 0 aliphatic carbocycles. The fourth-order valence-corrected chi connectivity index (χ4v) is 3.13. The summed E-state index contributed by atoms with van der Waals surface area (Å²) in [5.41, 5.74) is 6.51. The molecule has 3 heteroatoms. The molecular weight excluding hydrogens is 299 g/mol. The van der Waals surface area contributed by atoms with Gasteiger partial charge in [0.05, 0.1) is 11.4 Å². The first-order valence-corrected chi connectivity index (χ1v) is 8.61. The molecule has 0 saturated heterocycles. The molecule has 0 fully saturated rings. The van der Waals surface area contributed by atoms with Gasteiger partial charge in [-0.3, -0.25) is 9.97 Å². The molecule has 0 spiro atoms. The third-order valence-corrected chi connectivity index (χ3v) is 4.45. The van der Waals surface area contributed by atoms with E-state index in [1.54, 1.807) is 0 Å². The molecule has 0 aliphatic rings. The van der Waals surface area contributed by atoms with Gasteiger partial charge in [0.2, 0.25) is 0 Å². The largest absolute Gasteiger partial charge is 0.253 e. The van der Waals surface area contributed by atoms with Crippen LogP contribution in [0.4, 0.5) is 0 Å². The van der Waals surface area contributed by atoms with Crippen LogP contribution < -0.4 is 5.30 Å². The lowest BCUT2D eigenvalue weighted by molar-refractivity contribution is 1.03. The minimum Gasteiger partial charge on any atom is -0.253 e. The number of benzene rings is 1. The summed E-state index contributed by atoms with van der Waals surface area (Å²) in [6.45, 7) is 4.26. The Morgan fingerprint density at radius 2 is 1.30 bits per heavy atom. The Hall–Kier alpha value is -2.05. The van der Waals surface area contributed by atoms with Crippen molar-refractivity contribution in [1.82, 2.24) is 9.97 Å².